The van der Waals surface area contributed by atoms with Crippen molar-refractivity contribution in [2.24, 2.45) is 0 Å². The summed E-state index contributed by atoms with van der Waals surface area (Å²) in [7, 11) is 0. The fourth-order valence-corrected chi connectivity index (χ4v) is 2.81. The maximum absolute atomic E-state index is 12.6. The van der Waals surface area contributed by atoms with Crippen LogP contribution in [0.2, 0.25) is 0 Å². The second-order valence-electron chi connectivity index (χ2n) is 6.31. The first kappa shape index (κ1) is 19.6. The van der Waals surface area contributed by atoms with Gasteiger partial charge in [-0.05, 0) is 29.7 Å². The number of carbonyl (C=O) groups excluding carboxylic acids is 1. The number of rotatable bonds is 7. The van der Waals surface area contributed by atoms with E-state index < -0.39 is 11.7 Å². The Morgan fingerprint density at radius 1 is 1.00 bits per heavy atom. The molecule has 146 valence electrons. The minimum Gasteiger partial charge on any atom is -0.347 e. The summed E-state index contributed by atoms with van der Waals surface area (Å²) in [5.41, 5.74) is 0.896. The molecule has 0 bridgehead atoms. The number of aryl methyl sites for hydroxylation is 1. The lowest BCUT2D eigenvalue weighted by molar-refractivity contribution is -0.137. The highest BCUT2D eigenvalue weighted by Crippen LogP contribution is 2.29. The SMILES string of the molecule is O=C(CCc1ccc(C(F)(F)F)cc1)N[C@@H](Cn1nccn1)c1ccccc1. The molecule has 1 N–H and O–H groups in total. The molecule has 1 aromatic heterocycles. The predicted molar refractivity (Wildman–Crippen MR) is 97.1 cm³/mol. The zero-order chi connectivity index (χ0) is 20.0. The van der Waals surface area contributed by atoms with Gasteiger partial charge in [0.1, 0.15) is 0 Å². The molecule has 0 spiro atoms. The molecular weight excluding hydrogens is 369 g/mol. The average molecular weight is 388 g/mol. The van der Waals surface area contributed by atoms with Gasteiger partial charge in [-0.15, -0.1) is 0 Å². The standard InChI is InChI=1S/C20H19F3N4O/c21-20(22,23)17-9-6-15(7-10-17)8-11-19(28)26-18(14-27-24-12-13-25-27)16-4-2-1-3-5-16/h1-7,9-10,12-13,18H,8,11,14H2,(H,26,28)/t18-/m0/s1. The van der Waals surface area contributed by atoms with E-state index in [1.54, 1.807) is 12.4 Å². The quantitative estimate of drug-likeness (QED) is 0.670. The van der Waals surface area contributed by atoms with Gasteiger partial charge in [0.25, 0.3) is 0 Å². The van der Waals surface area contributed by atoms with Crippen LogP contribution in [-0.2, 0) is 23.9 Å². The second kappa shape index (κ2) is 8.69. The van der Waals surface area contributed by atoms with E-state index in [2.05, 4.69) is 15.5 Å². The molecular formula is C20H19F3N4O. The lowest BCUT2D eigenvalue weighted by atomic mass is 10.0. The number of hydrogen-bond acceptors (Lipinski definition) is 3. The number of carbonyl (C=O) groups is 1. The molecule has 0 aliphatic carbocycles. The lowest BCUT2D eigenvalue weighted by Gasteiger charge is -2.19. The summed E-state index contributed by atoms with van der Waals surface area (Å²) < 4.78 is 37.9. The summed E-state index contributed by atoms with van der Waals surface area (Å²) in [4.78, 5) is 13.9. The Morgan fingerprint density at radius 3 is 2.25 bits per heavy atom. The van der Waals surface area contributed by atoms with Crippen molar-refractivity contribution in [3.8, 4) is 0 Å². The minimum absolute atomic E-state index is 0.168. The number of nitrogens with one attached hydrogen (secondary N) is 1. The molecule has 5 nitrogen and oxygen atoms in total. The number of amides is 1. The Bertz CT molecular complexity index is 878. The molecule has 28 heavy (non-hydrogen) atoms. The number of alkyl halides is 3. The number of aromatic nitrogens is 3. The van der Waals surface area contributed by atoms with Crippen molar-refractivity contribution in [2.75, 3.05) is 0 Å². The normalized spacial score (nSPS) is 12.5. The Morgan fingerprint density at radius 2 is 1.64 bits per heavy atom. The van der Waals surface area contributed by atoms with Crippen LogP contribution in [0.15, 0.2) is 67.0 Å². The fourth-order valence-electron chi connectivity index (χ4n) is 2.81. The van der Waals surface area contributed by atoms with E-state index in [0.29, 0.717) is 18.5 Å². The Hall–Kier alpha value is -3.16. The molecule has 3 aromatic rings. The summed E-state index contributed by atoms with van der Waals surface area (Å²) in [5, 5.41) is 11.1. The van der Waals surface area contributed by atoms with Gasteiger partial charge in [-0.2, -0.15) is 28.2 Å². The zero-order valence-corrected chi connectivity index (χ0v) is 14.9. The van der Waals surface area contributed by atoms with Crippen LogP contribution < -0.4 is 5.32 Å². The molecule has 0 radical (unpaired) electrons. The third-order valence-corrected chi connectivity index (χ3v) is 4.27. The largest absolute Gasteiger partial charge is 0.416 e. The Kier molecular flexibility index (Phi) is 6.08. The summed E-state index contributed by atoms with van der Waals surface area (Å²) in [5.74, 6) is -0.194. The summed E-state index contributed by atoms with van der Waals surface area (Å²) >= 11 is 0. The summed E-state index contributed by atoms with van der Waals surface area (Å²) in [6.45, 7) is 0.378. The third-order valence-electron chi connectivity index (χ3n) is 4.27. The highest BCUT2D eigenvalue weighted by molar-refractivity contribution is 5.76. The van der Waals surface area contributed by atoms with E-state index in [4.69, 9.17) is 0 Å². The predicted octanol–water partition coefficient (Wildman–Crippen LogP) is 3.79. The maximum atomic E-state index is 12.6. The molecule has 2 aromatic carbocycles. The number of hydrogen-bond donors (Lipinski definition) is 1. The van der Waals surface area contributed by atoms with Crippen molar-refractivity contribution >= 4 is 5.91 Å². The van der Waals surface area contributed by atoms with Crippen LogP contribution in [0.3, 0.4) is 0 Å². The average Bonchev–Trinajstić information content (AvgIpc) is 3.19. The molecule has 8 heteroatoms. The molecule has 0 aliphatic heterocycles. The van der Waals surface area contributed by atoms with Crippen LogP contribution in [0.4, 0.5) is 13.2 Å². The van der Waals surface area contributed by atoms with Crippen LogP contribution >= 0.6 is 0 Å². The van der Waals surface area contributed by atoms with Crippen LogP contribution in [0.5, 0.6) is 0 Å². The van der Waals surface area contributed by atoms with Crippen LogP contribution in [0.25, 0.3) is 0 Å². The number of nitrogens with zero attached hydrogens (tertiary/aromatic N) is 3. The Labute approximate surface area is 160 Å². The molecule has 1 atom stereocenters. The first-order valence-corrected chi connectivity index (χ1v) is 8.76. The summed E-state index contributed by atoms with van der Waals surface area (Å²) in [6, 6.07) is 14.0. The molecule has 0 fully saturated rings. The number of halogens is 3. The van der Waals surface area contributed by atoms with Crippen molar-refractivity contribution in [3.05, 3.63) is 83.7 Å². The van der Waals surface area contributed by atoms with Crippen LogP contribution in [0, 0.1) is 0 Å². The summed E-state index contributed by atoms with van der Waals surface area (Å²) in [6.07, 6.45) is -0.713. The van der Waals surface area contributed by atoms with E-state index in [1.165, 1.54) is 16.9 Å². The third kappa shape index (κ3) is 5.42. The van der Waals surface area contributed by atoms with Crippen LogP contribution in [0.1, 0.15) is 29.2 Å². The van der Waals surface area contributed by atoms with E-state index in [1.807, 2.05) is 30.3 Å². The zero-order valence-electron chi connectivity index (χ0n) is 14.9. The van der Waals surface area contributed by atoms with Crippen molar-refractivity contribution < 1.29 is 18.0 Å². The molecule has 3 rings (SSSR count). The fraction of sp³-hybridized carbons (Fsp3) is 0.250. The van der Waals surface area contributed by atoms with Gasteiger partial charge >= 0.3 is 6.18 Å². The van der Waals surface area contributed by atoms with Crippen molar-refractivity contribution in [3.63, 3.8) is 0 Å². The van der Waals surface area contributed by atoms with Gasteiger partial charge in [0, 0.05) is 6.42 Å². The first-order valence-electron chi connectivity index (χ1n) is 8.76. The van der Waals surface area contributed by atoms with E-state index in [9.17, 15) is 18.0 Å². The van der Waals surface area contributed by atoms with Crippen molar-refractivity contribution in [1.82, 2.24) is 20.3 Å². The lowest BCUT2D eigenvalue weighted by Crippen LogP contribution is -2.32. The molecule has 1 amide bonds. The monoisotopic (exact) mass is 388 g/mol. The van der Waals surface area contributed by atoms with Crippen LogP contribution in [-0.4, -0.2) is 20.9 Å². The second-order valence-corrected chi connectivity index (χ2v) is 6.31. The van der Waals surface area contributed by atoms with Gasteiger partial charge < -0.3 is 5.32 Å². The highest BCUT2D eigenvalue weighted by Gasteiger charge is 2.29. The topological polar surface area (TPSA) is 59.8 Å². The van der Waals surface area contributed by atoms with Crippen molar-refractivity contribution in [2.45, 2.75) is 31.6 Å². The van der Waals surface area contributed by atoms with Gasteiger partial charge in [0.15, 0.2) is 0 Å². The van der Waals surface area contributed by atoms with E-state index >= 15 is 0 Å². The molecule has 0 unspecified atom stereocenters. The highest BCUT2D eigenvalue weighted by atomic mass is 19.4. The Balaban J connectivity index is 1.60. The molecule has 0 saturated carbocycles. The number of benzene rings is 2. The maximum Gasteiger partial charge on any atom is 0.416 e. The smallest absolute Gasteiger partial charge is 0.347 e. The van der Waals surface area contributed by atoms with E-state index in [-0.39, 0.29) is 18.4 Å². The first-order chi connectivity index (χ1) is 13.4. The van der Waals surface area contributed by atoms with Gasteiger partial charge in [-0.25, -0.2) is 0 Å². The minimum atomic E-state index is -4.36. The van der Waals surface area contributed by atoms with Crippen molar-refractivity contribution in [1.29, 1.82) is 0 Å². The van der Waals surface area contributed by atoms with Gasteiger partial charge in [-0.1, -0.05) is 42.5 Å². The van der Waals surface area contributed by atoms with Gasteiger partial charge in [-0.3, -0.25) is 4.79 Å². The van der Waals surface area contributed by atoms with E-state index in [0.717, 1.165) is 17.7 Å². The van der Waals surface area contributed by atoms with Gasteiger partial charge in [0.05, 0.1) is 30.5 Å². The molecule has 0 saturated heterocycles. The molecule has 1 heterocycles. The molecule has 0 aliphatic rings. The van der Waals surface area contributed by atoms with Gasteiger partial charge in [0.2, 0.25) is 5.91 Å².